The smallest absolute Gasteiger partial charge is 0.0776 e. The number of rotatable bonds is 3. The second kappa shape index (κ2) is 11.5. The molecule has 2 heterocycles. The monoisotopic (exact) mass is 728 g/mol. The van der Waals surface area contributed by atoms with Gasteiger partial charge in [-0.25, -0.2) is 0 Å². The Bertz CT molecular complexity index is 3000. The first-order valence-electron chi connectivity index (χ1n) is 18.5. The molecule has 0 spiro atoms. The lowest BCUT2D eigenvalue weighted by Crippen LogP contribution is -2.37. The van der Waals surface area contributed by atoms with Crippen molar-refractivity contribution in [3.05, 3.63) is 151 Å². The van der Waals surface area contributed by atoms with Gasteiger partial charge >= 0.3 is 0 Å². The quantitative estimate of drug-likeness (QED) is 0.131. The summed E-state index contributed by atoms with van der Waals surface area (Å²) in [5.41, 5.74) is 11.9. The molecule has 3 heteroatoms. The average molecular weight is 729 g/mol. The molecule has 0 fully saturated rings. The van der Waals surface area contributed by atoms with Crippen LogP contribution in [0.15, 0.2) is 165 Å². The number of benzene rings is 9. The Morgan fingerprint density at radius 2 is 0.792 bits per heavy atom. The molecular formula is C50H36S2Si. The predicted molar refractivity (Wildman–Crippen MR) is 234 cm³/mol. The maximum atomic E-state index is 2.47. The van der Waals surface area contributed by atoms with E-state index in [0.29, 0.717) is 0 Å². The zero-order valence-electron chi connectivity index (χ0n) is 30.2. The highest BCUT2D eigenvalue weighted by atomic mass is 32.2. The van der Waals surface area contributed by atoms with Crippen LogP contribution in [0.5, 0.6) is 0 Å². The Labute approximate surface area is 319 Å². The van der Waals surface area contributed by atoms with Gasteiger partial charge in [-0.2, -0.15) is 0 Å². The predicted octanol–water partition coefficient (Wildman–Crippen LogP) is 14.8. The first kappa shape index (κ1) is 31.5. The van der Waals surface area contributed by atoms with Gasteiger partial charge in [0.25, 0.3) is 0 Å². The number of hydrogen-bond acceptors (Lipinski definition) is 2. The van der Waals surface area contributed by atoms with Crippen molar-refractivity contribution in [3.8, 4) is 44.5 Å². The lowest BCUT2D eigenvalue weighted by atomic mass is 9.82. The molecular weight excluding hydrogens is 693 g/mol. The second-order valence-corrected chi connectivity index (χ2v) is 22.9. The van der Waals surface area contributed by atoms with E-state index in [2.05, 4.69) is 172 Å². The summed E-state index contributed by atoms with van der Waals surface area (Å²) in [4.78, 5) is 5.42. The van der Waals surface area contributed by atoms with Crippen LogP contribution in [-0.4, -0.2) is 8.07 Å². The van der Waals surface area contributed by atoms with Crippen LogP contribution in [-0.2, 0) is 0 Å². The van der Waals surface area contributed by atoms with Gasteiger partial charge < -0.3 is 0 Å². The lowest BCUT2D eigenvalue weighted by Gasteiger charge is -2.26. The lowest BCUT2D eigenvalue weighted by molar-refractivity contribution is 1.34. The van der Waals surface area contributed by atoms with E-state index in [1.54, 1.807) is 0 Å². The van der Waals surface area contributed by atoms with Gasteiger partial charge in [0.1, 0.15) is 0 Å². The van der Waals surface area contributed by atoms with Crippen molar-refractivity contribution >= 4 is 79.9 Å². The molecule has 0 saturated carbocycles. The van der Waals surface area contributed by atoms with Crippen molar-refractivity contribution in [3.63, 3.8) is 0 Å². The number of aryl methyl sites for hydroxylation is 1. The normalized spacial score (nSPS) is 13.1. The van der Waals surface area contributed by atoms with E-state index in [4.69, 9.17) is 0 Å². The van der Waals surface area contributed by atoms with E-state index >= 15 is 0 Å². The highest BCUT2D eigenvalue weighted by Crippen LogP contribution is 2.54. The highest BCUT2D eigenvalue weighted by molar-refractivity contribution is 8.00. The van der Waals surface area contributed by atoms with Crippen LogP contribution in [0.4, 0.5) is 0 Å². The molecule has 0 aliphatic carbocycles. The third-order valence-corrected chi connectivity index (χ3v) is 15.8. The van der Waals surface area contributed by atoms with Crippen LogP contribution in [0.25, 0.3) is 87.6 Å². The SMILES string of the molecule is Cc1ccc2c(c1)Sc1ccc(-c3c4ccccc4c(-c4ccc5c6c(cccc46)-c4ccc([Si](C)(C)C)cc4S5)c4ccccc34)c3cccc-2c13. The zero-order valence-corrected chi connectivity index (χ0v) is 32.8. The van der Waals surface area contributed by atoms with E-state index in [1.807, 2.05) is 23.5 Å². The molecule has 2 aliphatic heterocycles. The third kappa shape index (κ3) is 4.64. The van der Waals surface area contributed by atoms with Crippen LogP contribution < -0.4 is 5.19 Å². The second-order valence-electron chi connectivity index (χ2n) is 15.7. The minimum absolute atomic E-state index is 1.29. The average Bonchev–Trinajstić information content (AvgIpc) is 3.17. The van der Waals surface area contributed by atoms with E-state index in [0.717, 1.165) is 0 Å². The molecule has 252 valence electrons. The van der Waals surface area contributed by atoms with Gasteiger partial charge in [0, 0.05) is 30.4 Å². The first-order chi connectivity index (χ1) is 25.8. The molecule has 9 aromatic rings. The van der Waals surface area contributed by atoms with E-state index in [9.17, 15) is 0 Å². The molecule has 0 amide bonds. The van der Waals surface area contributed by atoms with Crippen LogP contribution in [0, 0.1) is 6.92 Å². The van der Waals surface area contributed by atoms with E-state index in [1.165, 1.54) is 118 Å². The van der Waals surface area contributed by atoms with Crippen LogP contribution >= 0.6 is 23.5 Å². The minimum Gasteiger partial charge on any atom is -0.0888 e. The molecule has 0 bridgehead atoms. The van der Waals surface area contributed by atoms with Gasteiger partial charge in [-0.05, 0) is 114 Å². The Balaban J connectivity index is 1.18. The van der Waals surface area contributed by atoms with Crippen molar-refractivity contribution in [2.24, 2.45) is 0 Å². The molecule has 0 atom stereocenters. The molecule has 0 nitrogen and oxygen atoms in total. The topological polar surface area (TPSA) is 0 Å². The Hall–Kier alpha value is -5.06. The summed E-state index contributed by atoms with van der Waals surface area (Å²) in [7, 11) is -1.43. The Kier molecular flexibility index (Phi) is 6.81. The van der Waals surface area contributed by atoms with E-state index in [-0.39, 0.29) is 0 Å². The summed E-state index contributed by atoms with van der Waals surface area (Å²) in [5.74, 6) is 0. The molecule has 53 heavy (non-hydrogen) atoms. The van der Waals surface area contributed by atoms with Gasteiger partial charge in [0.15, 0.2) is 0 Å². The molecule has 0 N–H and O–H groups in total. The number of fused-ring (bicyclic) bond motifs is 6. The zero-order chi connectivity index (χ0) is 35.6. The van der Waals surface area contributed by atoms with E-state index < -0.39 is 8.07 Å². The Morgan fingerprint density at radius 3 is 1.28 bits per heavy atom. The third-order valence-electron chi connectivity index (χ3n) is 11.5. The molecule has 0 radical (unpaired) electrons. The fourth-order valence-corrected chi connectivity index (χ4v) is 12.6. The maximum absolute atomic E-state index is 2.47. The molecule has 9 aromatic carbocycles. The summed E-state index contributed by atoms with van der Waals surface area (Å²) >= 11 is 3.85. The summed E-state index contributed by atoms with van der Waals surface area (Å²) in [6.07, 6.45) is 0. The van der Waals surface area contributed by atoms with Gasteiger partial charge in [-0.1, -0.05) is 170 Å². The molecule has 11 rings (SSSR count). The Morgan fingerprint density at radius 1 is 0.358 bits per heavy atom. The molecule has 2 aliphatic rings. The van der Waals surface area contributed by atoms with Crippen molar-refractivity contribution < 1.29 is 0 Å². The van der Waals surface area contributed by atoms with Crippen molar-refractivity contribution in [1.29, 1.82) is 0 Å². The largest absolute Gasteiger partial charge is 0.0888 e. The fraction of sp³-hybridized carbons (Fsp3) is 0.0800. The standard InChI is InChI=1S/C50H36S2Si/c1-29-19-21-31-33-15-9-17-39-41(23-25-43(49(33)39)51-45(31)27-29)47-35-11-5-7-13-37(35)48(38-14-8-6-12-36(38)47)42-24-26-44-50-34(16-10-18-40(42)50)32-22-20-30(53(2,3)4)28-46(32)52-44/h5-28H,1-4H3. The first-order valence-corrected chi connectivity index (χ1v) is 23.6. The summed E-state index contributed by atoms with van der Waals surface area (Å²) < 4.78 is 0. The molecule has 0 aromatic heterocycles. The maximum Gasteiger partial charge on any atom is 0.0776 e. The summed E-state index contributed by atoms with van der Waals surface area (Å²) in [6.45, 7) is 9.50. The van der Waals surface area contributed by atoms with Gasteiger partial charge in [0.2, 0.25) is 0 Å². The van der Waals surface area contributed by atoms with Crippen LogP contribution in [0.3, 0.4) is 0 Å². The minimum atomic E-state index is -1.43. The van der Waals surface area contributed by atoms with Gasteiger partial charge in [0.05, 0.1) is 8.07 Å². The highest BCUT2D eigenvalue weighted by Gasteiger charge is 2.27. The van der Waals surface area contributed by atoms with Crippen molar-refractivity contribution in [2.75, 3.05) is 0 Å². The summed E-state index contributed by atoms with van der Waals surface area (Å²) in [6, 6.07) is 55.7. The number of hydrogen-bond donors (Lipinski definition) is 0. The fourth-order valence-electron chi connectivity index (χ4n) is 8.98. The van der Waals surface area contributed by atoms with Crippen molar-refractivity contribution in [1.82, 2.24) is 0 Å². The van der Waals surface area contributed by atoms with Crippen LogP contribution in [0.2, 0.25) is 19.6 Å². The van der Waals surface area contributed by atoms with Crippen molar-refractivity contribution in [2.45, 2.75) is 46.1 Å². The van der Waals surface area contributed by atoms with Gasteiger partial charge in [-0.3, -0.25) is 0 Å². The summed E-state index contributed by atoms with van der Waals surface area (Å²) in [5, 5.41) is 12.1. The molecule has 0 saturated heterocycles. The van der Waals surface area contributed by atoms with Crippen LogP contribution in [0.1, 0.15) is 5.56 Å². The van der Waals surface area contributed by atoms with Gasteiger partial charge in [-0.15, -0.1) is 0 Å². The molecule has 0 unspecified atom stereocenters.